The summed E-state index contributed by atoms with van der Waals surface area (Å²) < 4.78 is 34.9. The normalized spacial score (nSPS) is 17.9. The van der Waals surface area contributed by atoms with Gasteiger partial charge in [0.1, 0.15) is 0 Å². The molecular formula is C20H28N2O6S. The van der Waals surface area contributed by atoms with Gasteiger partial charge in [0.25, 0.3) is 0 Å². The van der Waals surface area contributed by atoms with Crippen molar-refractivity contribution in [3.8, 4) is 0 Å². The molecule has 1 saturated carbocycles. The molecule has 1 heterocycles. The van der Waals surface area contributed by atoms with Gasteiger partial charge in [-0.1, -0.05) is 12.8 Å². The van der Waals surface area contributed by atoms with Gasteiger partial charge in [-0.2, -0.15) is 0 Å². The molecule has 1 saturated heterocycles. The largest absolute Gasteiger partial charge is 0.465 e. The standard InChI is InChI=1S/C20H28N2O6S/c1-27-20(24)17-14-15(22-9-11-28-12-10-22)6-7-18(17)21-19(23)8-13-29(25,26)16-4-2-3-5-16/h6-7,14,16H,2-5,8-13H2,1H3,(H,21,23). The second-order valence-corrected chi connectivity index (χ2v) is 9.79. The van der Waals surface area contributed by atoms with E-state index in [4.69, 9.17) is 9.47 Å². The summed E-state index contributed by atoms with van der Waals surface area (Å²) in [5.74, 6) is -1.17. The summed E-state index contributed by atoms with van der Waals surface area (Å²) in [7, 11) is -1.99. The number of hydrogen-bond acceptors (Lipinski definition) is 7. The van der Waals surface area contributed by atoms with E-state index in [0.717, 1.165) is 18.5 Å². The maximum absolute atomic E-state index is 12.4. The topological polar surface area (TPSA) is 102 Å². The third-order valence-electron chi connectivity index (χ3n) is 5.48. The molecular weight excluding hydrogens is 396 g/mol. The molecule has 160 valence electrons. The molecule has 29 heavy (non-hydrogen) atoms. The number of carbonyl (C=O) groups is 2. The Kier molecular flexibility index (Phi) is 7.13. The summed E-state index contributed by atoms with van der Waals surface area (Å²) in [6.07, 6.45) is 3.08. The van der Waals surface area contributed by atoms with Crippen molar-refractivity contribution in [1.29, 1.82) is 0 Å². The molecule has 0 unspecified atom stereocenters. The van der Waals surface area contributed by atoms with Crippen LogP contribution in [-0.4, -0.2) is 64.7 Å². The van der Waals surface area contributed by atoms with E-state index in [2.05, 4.69) is 10.2 Å². The van der Waals surface area contributed by atoms with Gasteiger partial charge >= 0.3 is 5.97 Å². The summed E-state index contributed by atoms with van der Waals surface area (Å²) in [5.41, 5.74) is 1.40. The zero-order valence-electron chi connectivity index (χ0n) is 16.7. The molecule has 1 aromatic carbocycles. The Morgan fingerprint density at radius 1 is 1.21 bits per heavy atom. The summed E-state index contributed by atoms with van der Waals surface area (Å²) in [4.78, 5) is 26.7. The average Bonchev–Trinajstić information content (AvgIpc) is 3.29. The van der Waals surface area contributed by atoms with E-state index >= 15 is 0 Å². The van der Waals surface area contributed by atoms with Crippen LogP contribution in [0.2, 0.25) is 0 Å². The highest BCUT2D eigenvalue weighted by Crippen LogP contribution is 2.27. The van der Waals surface area contributed by atoms with Gasteiger partial charge in [0, 0.05) is 25.2 Å². The summed E-state index contributed by atoms with van der Waals surface area (Å²) in [6.45, 7) is 2.65. The molecule has 0 radical (unpaired) electrons. The van der Waals surface area contributed by atoms with Crippen LogP contribution in [0.5, 0.6) is 0 Å². The number of ether oxygens (including phenoxy) is 2. The zero-order valence-corrected chi connectivity index (χ0v) is 17.5. The number of benzene rings is 1. The molecule has 1 amide bonds. The van der Waals surface area contributed by atoms with Crippen LogP contribution in [0.15, 0.2) is 18.2 Å². The number of morpholine rings is 1. The van der Waals surface area contributed by atoms with Gasteiger partial charge in [-0.3, -0.25) is 4.79 Å². The number of nitrogens with one attached hydrogen (secondary N) is 1. The molecule has 1 aliphatic heterocycles. The molecule has 0 atom stereocenters. The van der Waals surface area contributed by atoms with Crippen LogP contribution in [0.1, 0.15) is 42.5 Å². The van der Waals surface area contributed by atoms with Gasteiger partial charge in [-0.05, 0) is 31.0 Å². The highest BCUT2D eigenvalue weighted by molar-refractivity contribution is 7.92. The molecule has 2 aliphatic rings. The van der Waals surface area contributed by atoms with Gasteiger partial charge in [-0.15, -0.1) is 0 Å². The smallest absolute Gasteiger partial charge is 0.340 e. The second-order valence-electron chi connectivity index (χ2n) is 7.39. The molecule has 1 aliphatic carbocycles. The molecule has 0 spiro atoms. The van der Waals surface area contributed by atoms with E-state index in [9.17, 15) is 18.0 Å². The number of carbonyl (C=O) groups excluding carboxylic acids is 2. The van der Waals surface area contributed by atoms with Crippen LogP contribution in [0.4, 0.5) is 11.4 Å². The first kappa shape index (κ1) is 21.6. The van der Waals surface area contributed by atoms with E-state index in [0.29, 0.717) is 44.8 Å². The summed E-state index contributed by atoms with van der Waals surface area (Å²) >= 11 is 0. The van der Waals surface area contributed by atoms with Gasteiger partial charge in [0.15, 0.2) is 9.84 Å². The van der Waals surface area contributed by atoms with Crippen LogP contribution in [0, 0.1) is 0 Å². The SMILES string of the molecule is COC(=O)c1cc(N2CCOCC2)ccc1NC(=O)CCS(=O)(=O)C1CCCC1. The highest BCUT2D eigenvalue weighted by Gasteiger charge is 2.29. The Hall–Kier alpha value is -2.13. The number of esters is 1. The number of hydrogen-bond donors (Lipinski definition) is 1. The van der Waals surface area contributed by atoms with Crippen LogP contribution < -0.4 is 10.2 Å². The minimum atomic E-state index is -3.27. The van der Waals surface area contributed by atoms with Crippen molar-refractivity contribution in [3.63, 3.8) is 0 Å². The molecule has 1 N–H and O–H groups in total. The molecule has 3 rings (SSSR count). The fourth-order valence-electron chi connectivity index (χ4n) is 3.80. The number of sulfone groups is 1. The average molecular weight is 425 g/mol. The second kappa shape index (κ2) is 9.58. The van der Waals surface area contributed by atoms with Crippen LogP contribution in [-0.2, 0) is 24.1 Å². The Morgan fingerprint density at radius 2 is 1.90 bits per heavy atom. The number of anilines is 2. The maximum atomic E-state index is 12.4. The van der Waals surface area contributed by atoms with Crippen LogP contribution >= 0.6 is 0 Å². The van der Waals surface area contributed by atoms with Crippen molar-refractivity contribution in [2.75, 3.05) is 49.4 Å². The van der Waals surface area contributed by atoms with Gasteiger partial charge in [0.05, 0.1) is 42.6 Å². The lowest BCUT2D eigenvalue weighted by Gasteiger charge is -2.29. The monoisotopic (exact) mass is 424 g/mol. The van der Waals surface area contributed by atoms with E-state index in [1.165, 1.54) is 7.11 Å². The molecule has 0 bridgehead atoms. The number of rotatable bonds is 7. The summed E-state index contributed by atoms with van der Waals surface area (Å²) in [5, 5.41) is 2.35. The predicted molar refractivity (Wildman–Crippen MR) is 110 cm³/mol. The highest BCUT2D eigenvalue weighted by atomic mass is 32.2. The Balaban J connectivity index is 1.68. The molecule has 1 aromatic rings. The maximum Gasteiger partial charge on any atom is 0.340 e. The lowest BCUT2D eigenvalue weighted by atomic mass is 10.1. The first-order valence-electron chi connectivity index (χ1n) is 9.97. The fraction of sp³-hybridized carbons (Fsp3) is 0.600. The minimum Gasteiger partial charge on any atom is -0.465 e. The quantitative estimate of drug-likeness (QED) is 0.668. The first-order chi connectivity index (χ1) is 13.9. The van der Waals surface area contributed by atoms with Crippen molar-refractivity contribution < 1.29 is 27.5 Å². The third kappa shape index (κ3) is 5.48. The van der Waals surface area contributed by atoms with Gasteiger partial charge in [0.2, 0.25) is 5.91 Å². The van der Waals surface area contributed by atoms with Crippen molar-refractivity contribution in [1.82, 2.24) is 0 Å². The van der Waals surface area contributed by atoms with Crippen LogP contribution in [0.25, 0.3) is 0 Å². The first-order valence-corrected chi connectivity index (χ1v) is 11.7. The van der Waals surface area contributed by atoms with Gasteiger partial charge < -0.3 is 19.7 Å². The van der Waals surface area contributed by atoms with E-state index in [1.54, 1.807) is 12.1 Å². The molecule has 2 fully saturated rings. The zero-order chi connectivity index (χ0) is 20.9. The lowest BCUT2D eigenvalue weighted by molar-refractivity contribution is -0.115. The van der Waals surface area contributed by atoms with Crippen LogP contribution in [0.3, 0.4) is 0 Å². The minimum absolute atomic E-state index is 0.134. The fourth-order valence-corrected chi connectivity index (χ4v) is 5.65. The summed E-state index contributed by atoms with van der Waals surface area (Å²) in [6, 6.07) is 5.16. The molecule has 0 aromatic heterocycles. The predicted octanol–water partition coefficient (Wildman–Crippen LogP) is 2.00. The Labute approximate surface area is 171 Å². The van der Waals surface area contributed by atoms with E-state index in [1.807, 2.05) is 6.07 Å². The van der Waals surface area contributed by atoms with Crippen molar-refractivity contribution in [3.05, 3.63) is 23.8 Å². The Bertz CT molecular complexity index is 843. The molecule has 9 heteroatoms. The van der Waals surface area contributed by atoms with Gasteiger partial charge in [-0.25, -0.2) is 13.2 Å². The number of amides is 1. The third-order valence-corrected chi connectivity index (χ3v) is 7.74. The van der Waals surface area contributed by atoms with Crippen molar-refractivity contribution in [2.24, 2.45) is 0 Å². The number of nitrogens with zero attached hydrogens (tertiary/aromatic N) is 1. The van der Waals surface area contributed by atoms with Crippen molar-refractivity contribution >= 4 is 33.1 Å². The van der Waals surface area contributed by atoms with Crippen molar-refractivity contribution in [2.45, 2.75) is 37.4 Å². The lowest BCUT2D eigenvalue weighted by Crippen LogP contribution is -2.36. The van der Waals surface area contributed by atoms with E-state index < -0.39 is 21.7 Å². The van der Waals surface area contributed by atoms with E-state index in [-0.39, 0.29) is 23.0 Å². The Morgan fingerprint density at radius 3 is 2.55 bits per heavy atom. The molecule has 8 nitrogen and oxygen atoms in total. The number of methoxy groups -OCH3 is 1.